The van der Waals surface area contributed by atoms with E-state index in [0.717, 1.165) is 21.4 Å². The van der Waals surface area contributed by atoms with Crippen molar-refractivity contribution in [3.05, 3.63) is 55.8 Å². The van der Waals surface area contributed by atoms with Crippen molar-refractivity contribution in [2.45, 2.75) is 49.3 Å². The molecular formula is C20H28N5O11P. The zero-order valence-electron chi connectivity index (χ0n) is 19.3. The average molecular weight is 545 g/mol. The molecule has 0 amide bonds. The zero-order valence-corrected chi connectivity index (χ0v) is 20.2. The summed E-state index contributed by atoms with van der Waals surface area (Å²) >= 11 is 0. The highest BCUT2D eigenvalue weighted by Gasteiger charge is 2.48. The van der Waals surface area contributed by atoms with Crippen LogP contribution in [0.4, 0.5) is 5.82 Å². The molecule has 2 heterocycles. The van der Waals surface area contributed by atoms with Crippen LogP contribution in [0.2, 0.25) is 0 Å². The Morgan fingerprint density at radius 2 is 1.68 bits per heavy atom. The van der Waals surface area contributed by atoms with Crippen molar-refractivity contribution in [1.29, 1.82) is 0 Å². The molecule has 2 saturated carbocycles. The van der Waals surface area contributed by atoms with Crippen LogP contribution in [0.15, 0.2) is 38.9 Å². The van der Waals surface area contributed by atoms with Crippen LogP contribution in [-0.2, 0) is 13.6 Å². The number of phosphoric acid groups is 1. The van der Waals surface area contributed by atoms with E-state index in [1.807, 2.05) is 4.98 Å². The average Bonchev–Trinajstić information content (AvgIpc) is 3.28. The molecule has 1 unspecified atom stereocenters. The number of aromatic amines is 1. The van der Waals surface area contributed by atoms with Crippen LogP contribution < -0.4 is 22.7 Å². The molecule has 17 heteroatoms. The lowest BCUT2D eigenvalue weighted by molar-refractivity contribution is -0.0233. The molecule has 0 saturated heterocycles. The van der Waals surface area contributed by atoms with Crippen LogP contribution in [0.1, 0.15) is 24.9 Å². The highest BCUT2D eigenvalue weighted by molar-refractivity contribution is 7.47. The van der Waals surface area contributed by atoms with Gasteiger partial charge in [-0.1, -0.05) is 0 Å². The Morgan fingerprint density at radius 1 is 1.03 bits per heavy atom. The van der Waals surface area contributed by atoms with Gasteiger partial charge < -0.3 is 31.1 Å². The van der Waals surface area contributed by atoms with E-state index in [1.54, 1.807) is 0 Å². The van der Waals surface area contributed by atoms with Gasteiger partial charge in [-0.3, -0.25) is 28.0 Å². The monoisotopic (exact) mass is 545 g/mol. The molecule has 2 aromatic rings. The van der Waals surface area contributed by atoms with Gasteiger partial charge in [-0.2, -0.15) is 4.98 Å². The molecule has 0 spiro atoms. The number of H-pyrrole nitrogens is 1. The molecule has 37 heavy (non-hydrogen) atoms. The second-order valence-corrected chi connectivity index (χ2v) is 10.6. The smallest absolute Gasteiger partial charge is 0.396 e. The van der Waals surface area contributed by atoms with Crippen molar-refractivity contribution >= 4 is 13.6 Å². The van der Waals surface area contributed by atoms with Gasteiger partial charge in [-0.05, 0) is 18.9 Å². The Balaban J connectivity index is 1.43. The number of rotatable bonds is 8. The first-order valence-electron chi connectivity index (χ1n) is 11.4. The standard InChI is InChI=1S/C20H28N5O11P/c21-13-1-3-24(19(31)22-13)11-6-10(15(28)16(11)29)8-35-37(33,34)36-18-9(7-26)5-12(17(18)30)25-4-2-14(27)23-20(25)32/h1-4,9-12,15-18,26,28-30H,5-8H2,(H,33,34)(H2,21,22,31)(H,23,27,32)/t9-,10-,11-,12-,15-,16+,17+,18-/m1/s1. The van der Waals surface area contributed by atoms with Gasteiger partial charge in [0.1, 0.15) is 24.1 Å². The van der Waals surface area contributed by atoms with Crippen LogP contribution >= 0.6 is 7.82 Å². The summed E-state index contributed by atoms with van der Waals surface area (Å²) in [6, 6.07) is 0.555. The predicted octanol–water partition coefficient (Wildman–Crippen LogP) is -2.93. The molecule has 4 rings (SSSR count). The number of aromatic nitrogens is 4. The largest absolute Gasteiger partial charge is 0.472 e. The topological polar surface area (TPSA) is 252 Å². The maximum Gasteiger partial charge on any atom is 0.472 e. The molecule has 2 aliphatic rings. The van der Waals surface area contributed by atoms with Crippen molar-refractivity contribution in [2.75, 3.05) is 18.9 Å². The van der Waals surface area contributed by atoms with Crippen molar-refractivity contribution in [2.24, 2.45) is 11.8 Å². The molecule has 8 N–H and O–H groups in total. The van der Waals surface area contributed by atoms with E-state index in [1.165, 1.54) is 12.3 Å². The molecule has 2 aromatic heterocycles. The number of nitrogens with zero attached hydrogens (tertiary/aromatic N) is 3. The number of hydrogen-bond donors (Lipinski definition) is 7. The highest BCUT2D eigenvalue weighted by Crippen LogP contribution is 2.51. The summed E-state index contributed by atoms with van der Waals surface area (Å²) in [6.07, 6.45) is -3.27. The first kappa shape index (κ1) is 27.3. The summed E-state index contributed by atoms with van der Waals surface area (Å²) in [5.74, 6) is -1.74. The van der Waals surface area contributed by atoms with Gasteiger partial charge >= 0.3 is 19.2 Å². The number of nitrogens with two attached hydrogens (primary N) is 1. The molecule has 0 aromatic carbocycles. The van der Waals surface area contributed by atoms with Gasteiger partial charge in [-0.25, -0.2) is 14.2 Å². The number of nitrogen functional groups attached to an aromatic ring is 1. The van der Waals surface area contributed by atoms with Crippen molar-refractivity contribution < 1.29 is 38.9 Å². The summed E-state index contributed by atoms with van der Waals surface area (Å²) in [7, 11) is -4.88. The van der Waals surface area contributed by atoms with Crippen molar-refractivity contribution in [3.63, 3.8) is 0 Å². The van der Waals surface area contributed by atoms with E-state index < -0.39 is 86.3 Å². The van der Waals surface area contributed by atoms with Gasteiger partial charge in [-0.15, -0.1) is 0 Å². The third-order valence-electron chi connectivity index (χ3n) is 6.87. The van der Waals surface area contributed by atoms with Gasteiger partial charge in [0.15, 0.2) is 0 Å². The van der Waals surface area contributed by atoms with Crippen LogP contribution in [0.3, 0.4) is 0 Å². The molecule has 16 nitrogen and oxygen atoms in total. The number of aliphatic hydroxyl groups excluding tert-OH is 4. The normalized spacial score (nSPS) is 33.4. The number of nitrogens with one attached hydrogen (secondary N) is 1. The Hall–Kier alpha value is -2.69. The van der Waals surface area contributed by atoms with Crippen LogP contribution in [0.25, 0.3) is 0 Å². The molecule has 0 bridgehead atoms. The number of aliphatic hydroxyl groups is 4. The molecular weight excluding hydrogens is 517 g/mol. The van der Waals surface area contributed by atoms with Gasteiger partial charge in [0.25, 0.3) is 5.56 Å². The number of hydrogen-bond acceptors (Lipinski definition) is 12. The van der Waals surface area contributed by atoms with Crippen LogP contribution in [0.5, 0.6) is 0 Å². The quantitative estimate of drug-likeness (QED) is 0.164. The summed E-state index contributed by atoms with van der Waals surface area (Å²) in [5, 5.41) is 41.3. The van der Waals surface area contributed by atoms with Gasteiger partial charge in [0.05, 0.1) is 24.8 Å². The fourth-order valence-electron chi connectivity index (χ4n) is 4.97. The third-order valence-corrected chi connectivity index (χ3v) is 7.85. The van der Waals surface area contributed by atoms with E-state index in [2.05, 4.69) is 4.98 Å². The lowest BCUT2D eigenvalue weighted by Gasteiger charge is -2.25. The maximum atomic E-state index is 12.7. The lowest BCUT2D eigenvalue weighted by Crippen LogP contribution is -2.38. The SMILES string of the molecule is Nc1ccn([C@@H]2C[C@H](COP(=O)(O)O[C@@H]3[C@@H](CO)C[C@@H](n4ccc(=O)[nH]c4=O)[C@@H]3O)[C@@H](O)[C@H]2O)c(=O)n1. The highest BCUT2D eigenvalue weighted by atomic mass is 31.2. The number of anilines is 1. The van der Waals surface area contributed by atoms with Crippen molar-refractivity contribution in [3.8, 4) is 0 Å². The molecule has 2 fully saturated rings. The van der Waals surface area contributed by atoms with Gasteiger partial charge in [0.2, 0.25) is 0 Å². The Labute approximate surface area is 208 Å². The summed E-state index contributed by atoms with van der Waals surface area (Å²) in [6.45, 7) is -1.09. The minimum Gasteiger partial charge on any atom is -0.396 e. The number of phosphoric ester groups is 1. The molecule has 0 radical (unpaired) electrons. The fourth-order valence-corrected chi connectivity index (χ4v) is 6.01. The minimum absolute atomic E-state index is 0.00361. The molecule has 2 aliphatic carbocycles. The zero-order chi connectivity index (χ0) is 27.1. The van der Waals surface area contributed by atoms with Crippen LogP contribution in [0, 0.1) is 11.8 Å². The van der Waals surface area contributed by atoms with E-state index in [4.69, 9.17) is 14.8 Å². The summed E-state index contributed by atoms with van der Waals surface area (Å²) in [5.41, 5.74) is 3.27. The molecule has 204 valence electrons. The van der Waals surface area contributed by atoms with Crippen LogP contribution in [-0.4, -0.2) is 82.1 Å². The Morgan fingerprint density at radius 3 is 2.32 bits per heavy atom. The predicted molar refractivity (Wildman–Crippen MR) is 124 cm³/mol. The van der Waals surface area contributed by atoms with E-state index in [0.29, 0.717) is 0 Å². The lowest BCUT2D eigenvalue weighted by atomic mass is 10.1. The molecule has 0 aliphatic heterocycles. The first-order valence-corrected chi connectivity index (χ1v) is 12.9. The third kappa shape index (κ3) is 5.61. The van der Waals surface area contributed by atoms with Crippen molar-refractivity contribution in [1.82, 2.24) is 19.1 Å². The van der Waals surface area contributed by atoms with E-state index in [-0.39, 0.29) is 18.7 Å². The summed E-state index contributed by atoms with van der Waals surface area (Å²) in [4.78, 5) is 51.5. The molecule has 9 atom stereocenters. The van der Waals surface area contributed by atoms with E-state index in [9.17, 15) is 44.3 Å². The maximum absolute atomic E-state index is 12.7. The second kappa shape index (κ2) is 10.6. The minimum atomic E-state index is -4.88. The fraction of sp³-hybridized carbons (Fsp3) is 0.600. The van der Waals surface area contributed by atoms with E-state index >= 15 is 0 Å². The van der Waals surface area contributed by atoms with Gasteiger partial charge in [0, 0.05) is 36.9 Å². The second-order valence-electron chi connectivity index (χ2n) is 9.17. The summed E-state index contributed by atoms with van der Waals surface area (Å²) < 4.78 is 25.0. The first-order chi connectivity index (χ1) is 17.4. The Bertz CT molecular complexity index is 1340. The Kier molecular flexibility index (Phi) is 7.83.